The zero-order valence-corrected chi connectivity index (χ0v) is 13.9. The van der Waals surface area contributed by atoms with Crippen molar-refractivity contribution >= 4 is 35.2 Å². The third-order valence-electron chi connectivity index (χ3n) is 3.46. The highest BCUT2D eigenvalue weighted by atomic mass is 35.5. The molecule has 0 saturated carbocycles. The number of nitrogens with one attached hydrogen (secondary N) is 1. The van der Waals surface area contributed by atoms with Crippen LogP contribution in [0.15, 0.2) is 24.3 Å². The smallest absolute Gasteiger partial charge is 0.244 e. The Kier molecular flexibility index (Phi) is 7.19. The summed E-state index contributed by atoms with van der Waals surface area (Å²) < 4.78 is 5.30. The molecule has 0 aliphatic carbocycles. The second kappa shape index (κ2) is 9.16. The van der Waals surface area contributed by atoms with Crippen LogP contribution in [-0.2, 0) is 9.53 Å². The van der Waals surface area contributed by atoms with Crippen molar-refractivity contribution in [2.75, 3.05) is 39.4 Å². The minimum absolute atomic E-state index is 0.141. The summed E-state index contributed by atoms with van der Waals surface area (Å²) in [6.07, 6.45) is 4.02. The minimum Gasteiger partial charge on any atom is -0.379 e. The van der Waals surface area contributed by atoms with Gasteiger partial charge in [-0.25, -0.2) is 0 Å². The van der Waals surface area contributed by atoms with Gasteiger partial charge in [0.2, 0.25) is 5.91 Å². The predicted molar refractivity (Wildman–Crippen MR) is 90.4 cm³/mol. The van der Waals surface area contributed by atoms with Crippen LogP contribution in [0.3, 0.4) is 0 Å². The number of halogens is 2. The van der Waals surface area contributed by atoms with E-state index in [-0.39, 0.29) is 5.91 Å². The summed E-state index contributed by atoms with van der Waals surface area (Å²) in [5.74, 6) is -0.141. The molecule has 1 heterocycles. The zero-order chi connectivity index (χ0) is 15.8. The normalized spacial score (nSPS) is 16.1. The number of hydrogen-bond donors (Lipinski definition) is 1. The number of nitrogens with zero attached hydrogens (tertiary/aromatic N) is 1. The van der Waals surface area contributed by atoms with Crippen molar-refractivity contribution in [2.24, 2.45) is 0 Å². The van der Waals surface area contributed by atoms with Gasteiger partial charge in [0.1, 0.15) is 0 Å². The Morgan fingerprint density at radius 3 is 2.64 bits per heavy atom. The molecular formula is C16H20Cl2N2O2. The topological polar surface area (TPSA) is 41.6 Å². The summed E-state index contributed by atoms with van der Waals surface area (Å²) >= 11 is 12.1. The van der Waals surface area contributed by atoms with Gasteiger partial charge in [0.05, 0.1) is 13.2 Å². The van der Waals surface area contributed by atoms with Crippen LogP contribution in [0.2, 0.25) is 10.0 Å². The largest absolute Gasteiger partial charge is 0.379 e. The van der Waals surface area contributed by atoms with Crippen LogP contribution in [0.25, 0.3) is 6.08 Å². The number of carbonyl (C=O) groups excluding carboxylic acids is 1. The summed E-state index contributed by atoms with van der Waals surface area (Å²) in [6.45, 7) is 5.17. The van der Waals surface area contributed by atoms with E-state index in [2.05, 4.69) is 10.2 Å². The lowest BCUT2D eigenvalue weighted by Crippen LogP contribution is -2.38. The lowest BCUT2D eigenvalue weighted by atomic mass is 10.2. The first-order valence-electron chi connectivity index (χ1n) is 7.37. The molecule has 22 heavy (non-hydrogen) atoms. The first-order chi connectivity index (χ1) is 10.7. The molecule has 1 saturated heterocycles. The standard InChI is InChI=1S/C16H20Cl2N2O2/c17-14-3-1-4-15(18)13(14)5-6-16(21)19-7-2-8-20-9-11-22-12-10-20/h1,3-6H,2,7-12H2,(H,19,21)/b6-5+. The monoisotopic (exact) mass is 342 g/mol. The fourth-order valence-corrected chi connectivity index (χ4v) is 2.75. The summed E-state index contributed by atoms with van der Waals surface area (Å²) in [5, 5.41) is 3.92. The molecule has 6 heteroatoms. The van der Waals surface area contributed by atoms with Crippen LogP contribution < -0.4 is 5.32 Å². The Balaban J connectivity index is 1.70. The van der Waals surface area contributed by atoms with E-state index in [0.29, 0.717) is 22.2 Å². The summed E-state index contributed by atoms with van der Waals surface area (Å²) in [6, 6.07) is 5.26. The fraction of sp³-hybridized carbons (Fsp3) is 0.438. The molecule has 1 aliphatic heterocycles. The van der Waals surface area contributed by atoms with Crippen LogP contribution in [0, 0.1) is 0 Å². The highest BCUT2D eigenvalue weighted by molar-refractivity contribution is 6.37. The molecule has 2 rings (SSSR count). The molecule has 1 aliphatic rings. The van der Waals surface area contributed by atoms with Gasteiger partial charge in [-0.3, -0.25) is 9.69 Å². The van der Waals surface area contributed by atoms with E-state index in [9.17, 15) is 4.79 Å². The quantitative estimate of drug-likeness (QED) is 0.638. The van der Waals surface area contributed by atoms with Gasteiger partial charge in [-0.1, -0.05) is 29.3 Å². The second-order valence-electron chi connectivity index (χ2n) is 5.07. The highest BCUT2D eigenvalue weighted by Gasteiger charge is 2.09. The molecule has 120 valence electrons. The molecule has 0 radical (unpaired) electrons. The van der Waals surface area contributed by atoms with E-state index < -0.39 is 0 Å². The van der Waals surface area contributed by atoms with Crippen molar-refractivity contribution in [3.05, 3.63) is 39.9 Å². The summed E-state index contributed by atoms with van der Waals surface area (Å²) in [7, 11) is 0. The van der Waals surface area contributed by atoms with Crippen molar-refractivity contribution in [3.8, 4) is 0 Å². The molecule has 1 amide bonds. The molecule has 1 fully saturated rings. The van der Waals surface area contributed by atoms with Gasteiger partial charge in [-0.05, 0) is 31.2 Å². The van der Waals surface area contributed by atoms with Crippen LogP contribution in [-0.4, -0.2) is 50.2 Å². The molecule has 1 aromatic carbocycles. The molecule has 4 nitrogen and oxygen atoms in total. The number of carbonyl (C=O) groups is 1. The van der Waals surface area contributed by atoms with Gasteiger partial charge in [0.25, 0.3) is 0 Å². The van der Waals surface area contributed by atoms with E-state index >= 15 is 0 Å². The van der Waals surface area contributed by atoms with E-state index in [4.69, 9.17) is 27.9 Å². The number of morpholine rings is 1. The fourth-order valence-electron chi connectivity index (χ4n) is 2.23. The molecule has 0 atom stereocenters. The maximum atomic E-state index is 11.8. The highest BCUT2D eigenvalue weighted by Crippen LogP contribution is 2.25. The van der Waals surface area contributed by atoms with E-state index in [1.54, 1.807) is 24.3 Å². The van der Waals surface area contributed by atoms with Crippen molar-refractivity contribution in [2.45, 2.75) is 6.42 Å². The molecule has 1 aromatic rings. The Hall–Kier alpha value is -1.07. The van der Waals surface area contributed by atoms with Gasteiger partial charge in [0, 0.05) is 41.3 Å². The van der Waals surface area contributed by atoms with E-state index in [1.165, 1.54) is 6.08 Å². The first kappa shape index (κ1) is 17.3. The van der Waals surface area contributed by atoms with Crippen molar-refractivity contribution in [1.29, 1.82) is 0 Å². The lowest BCUT2D eigenvalue weighted by Gasteiger charge is -2.26. The minimum atomic E-state index is -0.141. The first-order valence-corrected chi connectivity index (χ1v) is 8.12. The maximum absolute atomic E-state index is 11.8. The average Bonchev–Trinajstić information content (AvgIpc) is 2.52. The predicted octanol–water partition coefficient (Wildman–Crippen LogP) is 2.85. The second-order valence-corrected chi connectivity index (χ2v) is 5.88. The molecule has 0 aromatic heterocycles. The van der Waals surface area contributed by atoms with Gasteiger partial charge < -0.3 is 10.1 Å². The number of amides is 1. The SMILES string of the molecule is O=C(/C=C/c1c(Cl)cccc1Cl)NCCCN1CCOCC1. The number of rotatable bonds is 6. The van der Waals surface area contributed by atoms with Gasteiger partial charge in [-0.2, -0.15) is 0 Å². The zero-order valence-electron chi connectivity index (χ0n) is 12.4. The van der Waals surface area contributed by atoms with Crippen LogP contribution in [0.5, 0.6) is 0 Å². The molecule has 0 bridgehead atoms. The van der Waals surface area contributed by atoms with Crippen LogP contribution in [0.4, 0.5) is 0 Å². The summed E-state index contributed by atoms with van der Waals surface area (Å²) in [4.78, 5) is 14.1. The molecule has 0 unspecified atom stereocenters. The van der Waals surface area contributed by atoms with Crippen LogP contribution in [0.1, 0.15) is 12.0 Å². The van der Waals surface area contributed by atoms with Gasteiger partial charge in [-0.15, -0.1) is 0 Å². The number of hydrogen-bond acceptors (Lipinski definition) is 3. The number of ether oxygens (including phenoxy) is 1. The third kappa shape index (κ3) is 5.61. The van der Waals surface area contributed by atoms with Crippen LogP contribution >= 0.6 is 23.2 Å². The molecular weight excluding hydrogens is 323 g/mol. The Labute approximate surface area is 141 Å². The van der Waals surface area contributed by atoms with Crippen molar-refractivity contribution < 1.29 is 9.53 Å². The van der Waals surface area contributed by atoms with Gasteiger partial charge in [0.15, 0.2) is 0 Å². The van der Waals surface area contributed by atoms with E-state index in [1.807, 2.05) is 0 Å². The maximum Gasteiger partial charge on any atom is 0.244 e. The van der Waals surface area contributed by atoms with Gasteiger partial charge >= 0.3 is 0 Å². The Morgan fingerprint density at radius 2 is 1.95 bits per heavy atom. The van der Waals surface area contributed by atoms with Crippen molar-refractivity contribution in [3.63, 3.8) is 0 Å². The number of benzene rings is 1. The van der Waals surface area contributed by atoms with E-state index in [0.717, 1.165) is 39.3 Å². The molecule has 1 N–H and O–H groups in total. The molecule has 0 spiro atoms. The Bertz CT molecular complexity index is 509. The summed E-state index contributed by atoms with van der Waals surface area (Å²) in [5.41, 5.74) is 0.661. The Morgan fingerprint density at radius 1 is 1.27 bits per heavy atom. The van der Waals surface area contributed by atoms with Crippen molar-refractivity contribution in [1.82, 2.24) is 10.2 Å². The third-order valence-corrected chi connectivity index (χ3v) is 4.11. The average molecular weight is 343 g/mol. The lowest BCUT2D eigenvalue weighted by molar-refractivity contribution is -0.116.